The van der Waals surface area contributed by atoms with E-state index in [-0.39, 0.29) is 16.9 Å². The fourth-order valence-electron chi connectivity index (χ4n) is 2.10. The van der Waals surface area contributed by atoms with E-state index < -0.39 is 0 Å². The highest BCUT2D eigenvalue weighted by molar-refractivity contribution is 7.80. The molecule has 0 heterocycles. The molecule has 2 aromatic rings. The molecule has 0 unspecified atom stereocenters. The lowest BCUT2D eigenvalue weighted by Crippen LogP contribution is -2.48. The van der Waals surface area contributed by atoms with Gasteiger partial charge in [0.25, 0.3) is 11.8 Å². The van der Waals surface area contributed by atoms with Crippen LogP contribution in [0.15, 0.2) is 54.6 Å². The largest absolute Gasteiger partial charge is 0.494 e. The number of benzene rings is 2. The summed E-state index contributed by atoms with van der Waals surface area (Å²) in [5.74, 6) is 0.559. The summed E-state index contributed by atoms with van der Waals surface area (Å²) in [5, 5.41) is 2.50. The lowest BCUT2D eigenvalue weighted by molar-refractivity contribution is 0.0934. The second-order valence-electron chi connectivity index (χ2n) is 6.28. The molecule has 0 saturated heterocycles. The second kappa shape index (κ2) is 10.3. The minimum absolute atomic E-state index is 0.00541. The molecule has 0 saturated carbocycles. The van der Waals surface area contributed by atoms with Crippen molar-refractivity contribution in [1.82, 2.24) is 16.2 Å². The van der Waals surface area contributed by atoms with Gasteiger partial charge in [0.2, 0.25) is 0 Å². The van der Waals surface area contributed by atoms with Crippen molar-refractivity contribution in [3.63, 3.8) is 0 Å². The molecule has 0 aliphatic heterocycles. The lowest BCUT2D eigenvalue weighted by Gasteiger charge is -2.11. The van der Waals surface area contributed by atoms with E-state index in [1.54, 1.807) is 48.5 Å². The van der Waals surface area contributed by atoms with Gasteiger partial charge in [-0.05, 0) is 61.0 Å². The zero-order valence-electron chi connectivity index (χ0n) is 15.3. The molecule has 0 aromatic heterocycles. The number of thiocarbonyl (C=S) groups is 1. The molecule has 142 valence electrons. The Balaban J connectivity index is 1.77. The van der Waals surface area contributed by atoms with E-state index in [4.69, 9.17) is 17.0 Å². The standard InChI is InChI=1S/C20H23N3O3S/c1-14(2)12-13-26-17-10-8-16(9-11-17)19(25)22-23-20(27)21-18(24)15-6-4-3-5-7-15/h3-11,14H,12-13H2,1-2H3,(H,22,25)(H2,21,23,24,27). The van der Waals surface area contributed by atoms with Crippen LogP contribution < -0.4 is 20.9 Å². The minimum Gasteiger partial charge on any atom is -0.494 e. The maximum absolute atomic E-state index is 12.1. The maximum atomic E-state index is 12.1. The predicted molar refractivity (Wildman–Crippen MR) is 109 cm³/mol. The van der Waals surface area contributed by atoms with Gasteiger partial charge in [0, 0.05) is 11.1 Å². The number of carbonyl (C=O) groups is 2. The van der Waals surface area contributed by atoms with Gasteiger partial charge in [-0.25, -0.2) is 0 Å². The first-order valence-electron chi connectivity index (χ1n) is 8.65. The molecule has 27 heavy (non-hydrogen) atoms. The van der Waals surface area contributed by atoms with E-state index in [2.05, 4.69) is 30.0 Å². The molecule has 3 N–H and O–H groups in total. The van der Waals surface area contributed by atoms with Gasteiger partial charge in [0.05, 0.1) is 6.61 Å². The highest BCUT2D eigenvalue weighted by Crippen LogP contribution is 2.13. The van der Waals surface area contributed by atoms with Gasteiger partial charge in [-0.1, -0.05) is 32.0 Å². The maximum Gasteiger partial charge on any atom is 0.269 e. The van der Waals surface area contributed by atoms with E-state index >= 15 is 0 Å². The quantitative estimate of drug-likeness (QED) is 0.526. The topological polar surface area (TPSA) is 79.5 Å². The number of carbonyl (C=O) groups excluding carboxylic acids is 2. The van der Waals surface area contributed by atoms with Gasteiger partial charge >= 0.3 is 0 Å². The average Bonchev–Trinajstić information content (AvgIpc) is 2.67. The molecule has 2 amide bonds. The summed E-state index contributed by atoms with van der Waals surface area (Å²) >= 11 is 5.01. The Kier molecular flexibility index (Phi) is 7.76. The average molecular weight is 385 g/mol. The summed E-state index contributed by atoms with van der Waals surface area (Å²) < 4.78 is 5.62. The number of hydrogen-bond donors (Lipinski definition) is 3. The van der Waals surface area contributed by atoms with Gasteiger partial charge in [0.1, 0.15) is 5.75 Å². The van der Waals surface area contributed by atoms with Crippen LogP contribution >= 0.6 is 12.2 Å². The molecule has 2 rings (SSSR count). The smallest absolute Gasteiger partial charge is 0.269 e. The molecule has 0 atom stereocenters. The molecule has 0 fully saturated rings. The van der Waals surface area contributed by atoms with Gasteiger partial charge in [-0.15, -0.1) is 0 Å². The summed E-state index contributed by atoms with van der Waals surface area (Å²) in [4.78, 5) is 24.1. The van der Waals surface area contributed by atoms with Crippen molar-refractivity contribution in [2.24, 2.45) is 5.92 Å². The number of ether oxygens (including phenoxy) is 1. The van der Waals surface area contributed by atoms with Crippen molar-refractivity contribution >= 4 is 29.1 Å². The number of nitrogens with one attached hydrogen (secondary N) is 3. The Morgan fingerprint density at radius 1 is 0.926 bits per heavy atom. The molecule has 0 spiro atoms. The first-order chi connectivity index (χ1) is 13.0. The highest BCUT2D eigenvalue weighted by atomic mass is 32.1. The van der Waals surface area contributed by atoms with Gasteiger partial charge < -0.3 is 4.74 Å². The Morgan fingerprint density at radius 3 is 2.19 bits per heavy atom. The van der Waals surface area contributed by atoms with Crippen LogP contribution in [-0.4, -0.2) is 23.5 Å². The Labute approximate surface area is 164 Å². The molecule has 7 heteroatoms. The Bertz CT molecular complexity index is 777. The third-order valence-corrected chi connectivity index (χ3v) is 3.84. The molecule has 0 bridgehead atoms. The summed E-state index contributed by atoms with van der Waals surface area (Å²) in [6, 6.07) is 15.5. The van der Waals surface area contributed by atoms with Crippen LogP contribution in [0.5, 0.6) is 5.75 Å². The summed E-state index contributed by atoms with van der Waals surface area (Å²) in [6.07, 6.45) is 0.971. The van der Waals surface area contributed by atoms with Crippen LogP contribution in [0.25, 0.3) is 0 Å². The zero-order chi connectivity index (χ0) is 19.6. The van der Waals surface area contributed by atoms with Crippen molar-refractivity contribution < 1.29 is 14.3 Å². The van der Waals surface area contributed by atoms with E-state index in [1.165, 1.54) is 0 Å². The van der Waals surface area contributed by atoms with Crippen LogP contribution in [0.3, 0.4) is 0 Å². The third-order valence-electron chi connectivity index (χ3n) is 3.63. The number of hydrogen-bond acceptors (Lipinski definition) is 4. The Morgan fingerprint density at radius 2 is 1.56 bits per heavy atom. The predicted octanol–water partition coefficient (Wildman–Crippen LogP) is 3.06. The molecule has 6 nitrogen and oxygen atoms in total. The SMILES string of the molecule is CC(C)CCOc1ccc(C(=O)NNC(=S)NC(=O)c2ccccc2)cc1. The number of hydrazine groups is 1. The van der Waals surface area contributed by atoms with Crippen LogP contribution in [0.4, 0.5) is 0 Å². The first-order valence-corrected chi connectivity index (χ1v) is 9.06. The van der Waals surface area contributed by atoms with Gasteiger partial charge in [-0.3, -0.25) is 25.8 Å². The molecular weight excluding hydrogens is 362 g/mol. The van der Waals surface area contributed by atoms with Gasteiger partial charge in [0.15, 0.2) is 5.11 Å². The van der Waals surface area contributed by atoms with Crippen molar-refractivity contribution in [3.8, 4) is 5.75 Å². The van der Waals surface area contributed by atoms with Crippen molar-refractivity contribution in [2.75, 3.05) is 6.61 Å². The first kappa shape index (κ1) is 20.4. The fraction of sp³-hybridized carbons (Fsp3) is 0.250. The minimum atomic E-state index is -0.375. The van der Waals surface area contributed by atoms with Crippen LogP contribution in [0.1, 0.15) is 41.0 Å². The summed E-state index contributed by atoms with van der Waals surface area (Å²) in [7, 11) is 0. The van der Waals surface area contributed by atoms with E-state index in [0.717, 1.165) is 6.42 Å². The number of rotatable bonds is 6. The summed E-state index contributed by atoms with van der Waals surface area (Å²) in [5.41, 5.74) is 5.87. The normalized spacial score (nSPS) is 10.2. The van der Waals surface area contributed by atoms with E-state index in [0.29, 0.717) is 29.4 Å². The van der Waals surface area contributed by atoms with Crippen molar-refractivity contribution in [2.45, 2.75) is 20.3 Å². The summed E-state index contributed by atoms with van der Waals surface area (Å²) in [6.45, 7) is 4.91. The van der Waals surface area contributed by atoms with E-state index in [9.17, 15) is 9.59 Å². The van der Waals surface area contributed by atoms with Crippen molar-refractivity contribution in [3.05, 3.63) is 65.7 Å². The highest BCUT2D eigenvalue weighted by Gasteiger charge is 2.09. The molecular formula is C20H23N3O3S. The Hall–Kier alpha value is -2.93. The van der Waals surface area contributed by atoms with Crippen LogP contribution in [0, 0.1) is 5.92 Å². The third kappa shape index (κ3) is 7.07. The van der Waals surface area contributed by atoms with Crippen LogP contribution in [0.2, 0.25) is 0 Å². The molecule has 0 aliphatic carbocycles. The second-order valence-corrected chi connectivity index (χ2v) is 6.69. The van der Waals surface area contributed by atoms with E-state index in [1.807, 2.05) is 6.07 Å². The van der Waals surface area contributed by atoms with Crippen LogP contribution in [-0.2, 0) is 0 Å². The van der Waals surface area contributed by atoms with Gasteiger partial charge in [-0.2, -0.15) is 0 Å². The van der Waals surface area contributed by atoms with Crippen molar-refractivity contribution in [1.29, 1.82) is 0 Å². The molecule has 0 radical (unpaired) electrons. The molecule has 2 aromatic carbocycles. The monoisotopic (exact) mass is 385 g/mol. The fourth-order valence-corrected chi connectivity index (χ4v) is 2.24. The zero-order valence-corrected chi connectivity index (χ0v) is 16.1. The molecule has 0 aliphatic rings. The number of amides is 2. The lowest BCUT2D eigenvalue weighted by atomic mass is 10.1.